The fraction of sp³-hybridized carbons (Fsp3) is 0.294. The van der Waals surface area contributed by atoms with Crippen molar-refractivity contribution in [2.45, 2.75) is 19.3 Å². The second-order valence-electron chi connectivity index (χ2n) is 4.87. The second-order valence-corrected chi connectivity index (χ2v) is 7.03. The molecule has 0 N–H and O–H groups in total. The molecule has 0 aliphatic carbocycles. The molecular weight excluding hydrogens is 236 g/mol. The van der Waals surface area contributed by atoms with E-state index in [2.05, 4.69) is 53.9 Å². The minimum Gasteiger partial charge on any atom is -0.0616 e. The van der Waals surface area contributed by atoms with Gasteiger partial charge in [-0.25, -0.2) is 0 Å². The summed E-state index contributed by atoms with van der Waals surface area (Å²) in [4.78, 5) is 0. The smallest absolute Gasteiger partial charge is 0.0616 e. The number of allylic oxidation sites excluding steroid dienone is 1. The highest BCUT2D eigenvalue weighted by Crippen LogP contribution is 2.20. The molecule has 0 nitrogen and oxygen atoms in total. The first-order chi connectivity index (χ1) is 8.93. The van der Waals surface area contributed by atoms with E-state index >= 15 is 0 Å². The first kappa shape index (κ1) is 11.9. The van der Waals surface area contributed by atoms with Gasteiger partial charge in [0.05, 0.1) is 0 Å². The molecule has 0 saturated carbocycles. The Balaban J connectivity index is 1.77. The topological polar surface area (TPSA) is 0 Å². The molecule has 2 aromatic rings. The highest BCUT2D eigenvalue weighted by Gasteiger charge is 2.20. The highest BCUT2D eigenvalue weighted by molar-refractivity contribution is 7.99. The normalized spacial score (nSPS) is 16.9. The lowest BCUT2D eigenvalue weighted by molar-refractivity contribution is 0.949. The van der Waals surface area contributed by atoms with Crippen LogP contribution in [0.15, 0.2) is 53.9 Å². The van der Waals surface area contributed by atoms with Crippen LogP contribution in [-0.2, 0) is 17.3 Å². The van der Waals surface area contributed by atoms with Crippen LogP contribution in [0.25, 0.3) is 10.8 Å². The van der Waals surface area contributed by atoms with Gasteiger partial charge in [-0.1, -0.05) is 42.5 Å². The van der Waals surface area contributed by atoms with Gasteiger partial charge in [0.2, 0.25) is 0 Å². The fourth-order valence-electron chi connectivity index (χ4n) is 2.59. The summed E-state index contributed by atoms with van der Waals surface area (Å²) in [6, 6.07) is 15.3. The SMILES string of the molecule is C(=C[S+]1CCCC1)Cc1cccc2ccccc12. The molecular formula is C17H19S+. The number of fused-ring (bicyclic) bond motifs is 1. The van der Waals surface area contributed by atoms with Gasteiger partial charge >= 0.3 is 0 Å². The van der Waals surface area contributed by atoms with Gasteiger partial charge < -0.3 is 0 Å². The van der Waals surface area contributed by atoms with Crippen molar-refractivity contribution in [3.8, 4) is 0 Å². The largest absolute Gasteiger partial charge is 0.115 e. The Hall–Kier alpha value is -1.21. The maximum Gasteiger partial charge on any atom is 0.115 e. The number of hydrogen-bond acceptors (Lipinski definition) is 0. The molecule has 0 radical (unpaired) electrons. The number of benzene rings is 2. The Morgan fingerprint density at radius 2 is 1.72 bits per heavy atom. The van der Waals surface area contributed by atoms with Crippen molar-refractivity contribution in [2.24, 2.45) is 0 Å². The molecule has 0 unspecified atom stereocenters. The van der Waals surface area contributed by atoms with Gasteiger partial charge in [0.15, 0.2) is 0 Å². The van der Waals surface area contributed by atoms with Crippen LogP contribution in [0.4, 0.5) is 0 Å². The Bertz CT molecular complexity index is 545. The van der Waals surface area contributed by atoms with Crippen LogP contribution in [0.3, 0.4) is 0 Å². The van der Waals surface area contributed by atoms with E-state index in [0.29, 0.717) is 10.9 Å². The summed E-state index contributed by atoms with van der Waals surface area (Å²) < 4.78 is 0. The second kappa shape index (κ2) is 5.62. The molecule has 0 bridgehead atoms. The summed E-state index contributed by atoms with van der Waals surface area (Å²) in [5.74, 6) is 2.85. The third-order valence-corrected chi connectivity index (χ3v) is 5.77. The van der Waals surface area contributed by atoms with E-state index in [1.165, 1.54) is 40.7 Å². The third-order valence-electron chi connectivity index (χ3n) is 3.57. The van der Waals surface area contributed by atoms with Crippen molar-refractivity contribution < 1.29 is 0 Å². The average molecular weight is 255 g/mol. The molecule has 0 spiro atoms. The molecule has 1 aliphatic heterocycles. The zero-order chi connectivity index (χ0) is 12.2. The standard InChI is InChI=1S/C17H19S/c1-2-11-17-15(7-1)8-5-9-16(17)10-6-14-18-12-3-4-13-18/h1-2,5-9,11,14H,3-4,10,12-13H2/q+1. The summed E-state index contributed by atoms with van der Waals surface area (Å²) >= 11 is 0. The van der Waals surface area contributed by atoms with E-state index in [9.17, 15) is 0 Å². The van der Waals surface area contributed by atoms with Crippen molar-refractivity contribution >= 4 is 21.7 Å². The Kier molecular flexibility index (Phi) is 3.70. The zero-order valence-electron chi connectivity index (χ0n) is 10.6. The molecule has 0 atom stereocenters. The van der Waals surface area contributed by atoms with E-state index < -0.39 is 0 Å². The minimum absolute atomic E-state index is 0.585. The van der Waals surface area contributed by atoms with Gasteiger partial charge in [0, 0.05) is 10.9 Å². The summed E-state index contributed by atoms with van der Waals surface area (Å²) in [5.41, 5.74) is 1.45. The van der Waals surface area contributed by atoms with Gasteiger partial charge in [-0.15, -0.1) is 0 Å². The van der Waals surface area contributed by atoms with Crippen molar-refractivity contribution in [3.63, 3.8) is 0 Å². The molecule has 0 aromatic heterocycles. The maximum absolute atomic E-state index is 2.47. The summed E-state index contributed by atoms with van der Waals surface area (Å²) in [7, 11) is 0.585. The van der Waals surface area contributed by atoms with Gasteiger partial charge in [-0.3, -0.25) is 0 Å². The van der Waals surface area contributed by atoms with Crippen LogP contribution in [0.2, 0.25) is 0 Å². The predicted octanol–water partition coefficient (Wildman–Crippen LogP) is 4.31. The van der Waals surface area contributed by atoms with E-state index in [4.69, 9.17) is 0 Å². The van der Waals surface area contributed by atoms with E-state index in [0.717, 1.165) is 6.42 Å². The summed E-state index contributed by atoms with van der Waals surface area (Å²) in [6.45, 7) is 0. The summed E-state index contributed by atoms with van der Waals surface area (Å²) in [6.07, 6.45) is 6.32. The fourth-order valence-corrected chi connectivity index (χ4v) is 4.59. The molecule has 3 rings (SSSR count). The van der Waals surface area contributed by atoms with E-state index in [1.54, 1.807) is 0 Å². The molecule has 0 amide bonds. The van der Waals surface area contributed by atoms with Crippen LogP contribution in [0, 0.1) is 0 Å². The van der Waals surface area contributed by atoms with Crippen molar-refractivity contribution in [2.75, 3.05) is 11.5 Å². The minimum atomic E-state index is 0.585. The molecule has 18 heavy (non-hydrogen) atoms. The van der Waals surface area contributed by atoms with Crippen LogP contribution >= 0.6 is 0 Å². The molecule has 92 valence electrons. The zero-order valence-corrected chi connectivity index (χ0v) is 11.5. The Morgan fingerprint density at radius 3 is 2.61 bits per heavy atom. The molecule has 1 aliphatic rings. The lowest BCUT2D eigenvalue weighted by Crippen LogP contribution is -1.97. The Morgan fingerprint density at radius 1 is 0.944 bits per heavy atom. The highest BCUT2D eigenvalue weighted by atomic mass is 32.2. The third kappa shape index (κ3) is 2.62. The van der Waals surface area contributed by atoms with Gasteiger partial charge in [0.25, 0.3) is 0 Å². The van der Waals surface area contributed by atoms with Gasteiger partial charge in [0.1, 0.15) is 16.9 Å². The van der Waals surface area contributed by atoms with Crippen molar-refractivity contribution in [1.29, 1.82) is 0 Å². The average Bonchev–Trinajstić information content (AvgIpc) is 2.92. The van der Waals surface area contributed by atoms with Gasteiger partial charge in [-0.2, -0.15) is 0 Å². The lowest BCUT2D eigenvalue weighted by atomic mass is 10.0. The first-order valence-corrected chi connectivity index (χ1v) is 8.36. The van der Waals surface area contributed by atoms with Crippen LogP contribution in [0.5, 0.6) is 0 Å². The molecule has 1 fully saturated rings. The van der Waals surface area contributed by atoms with Crippen LogP contribution in [0.1, 0.15) is 18.4 Å². The summed E-state index contributed by atoms with van der Waals surface area (Å²) in [5, 5.41) is 5.22. The van der Waals surface area contributed by atoms with E-state index in [-0.39, 0.29) is 0 Å². The van der Waals surface area contributed by atoms with E-state index in [1.807, 2.05) is 0 Å². The first-order valence-electron chi connectivity index (χ1n) is 6.73. The number of rotatable bonds is 3. The lowest BCUT2D eigenvalue weighted by Gasteiger charge is -2.03. The molecule has 2 aromatic carbocycles. The van der Waals surface area contributed by atoms with Gasteiger partial charge in [-0.05, 0) is 41.7 Å². The van der Waals surface area contributed by atoms with Crippen molar-refractivity contribution in [3.05, 3.63) is 59.5 Å². The van der Waals surface area contributed by atoms with Crippen LogP contribution < -0.4 is 0 Å². The van der Waals surface area contributed by atoms with Crippen molar-refractivity contribution in [1.82, 2.24) is 0 Å². The van der Waals surface area contributed by atoms with Crippen LogP contribution in [-0.4, -0.2) is 11.5 Å². The maximum atomic E-state index is 2.47. The quantitative estimate of drug-likeness (QED) is 0.717. The molecule has 1 heteroatoms. The number of hydrogen-bond donors (Lipinski definition) is 0. The Labute approximate surface area is 112 Å². The molecule has 1 heterocycles. The monoisotopic (exact) mass is 255 g/mol. The predicted molar refractivity (Wildman–Crippen MR) is 83.1 cm³/mol. The molecule has 1 saturated heterocycles.